The molecule has 1 heterocycles. The Hall–Kier alpha value is -1.43. The van der Waals surface area contributed by atoms with Gasteiger partial charge in [0.15, 0.2) is 6.29 Å². The monoisotopic (exact) mass is 250 g/mol. The van der Waals surface area contributed by atoms with E-state index in [0.29, 0.717) is 32.6 Å². The van der Waals surface area contributed by atoms with Crippen LogP contribution in [-0.4, -0.2) is 25.7 Å². The minimum atomic E-state index is -0.271. The molecular formula is C13H18N2O3. The first-order valence-electron chi connectivity index (χ1n) is 6.12. The fourth-order valence-corrected chi connectivity index (χ4v) is 1.76. The van der Waals surface area contributed by atoms with Crippen molar-refractivity contribution in [3.8, 4) is 0 Å². The zero-order valence-electron chi connectivity index (χ0n) is 10.2. The van der Waals surface area contributed by atoms with Gasteiger partial charge in [-0.1, -0.05) is 12.1 Å². The van der Waals surface area contributed by atoms with E-state index in [4.69, 9.17) is 15.2 Å². The van der Waals surface area contributed by atoms with Gasteiger partial charge in [0.1, 0.15) is 0 Å². The molecule has 2 rings (SSSR count). The zero-order valence-corrected chi connectivity index (χ0v) is 10.2. The number of hydrogen-bond acceptors (Lipinski definition) is 4. The molecule has 1 amide bonds. The van der Waals surface area contributed by atoms with E-state index in [2.05, 4.69) is 5.32 Å². The van der Waals surface area contributed by atoms with Crippen LogP contribution < -0.4 is 11.1 Å². The molecule has 0 atom stereocenters. The van der Waals surface area contributed by atoms with E-state index in [9.17, 15) is 4.79 Å². The average molecular weight is 250 g/mol. The third-order valence-corrected chi connectivity index (χ3v) is 2.70. The number of nitrogens with two attached hydrogens (primary N) is 1. The highest BCUT2D eigenvalue weighted by Gasteiger charge is 2.17. The summed E-state index contributed by atoms with van der Waals surface area (Å²) in [5.41, 5.74) is 7.09. The molecule has 5 heteroatoms. The van der Waals surface area contributed by atoms with Crippen molar-refractivity contribution in [3.05, 3.63) is 29.8 Å². The van der Waals surface area contributed by atoms with Gasteiger partial charge in [0.25, 0.3) is 0 Å². The van der Waals surface area contributed by atoms with Crippen molar-refractivity contribution in [2.24, 2.45) is 5.73 Å². The standard InChI is InChI=1S/C13H18N2O3/c14-7-1-2-12(16)15-11-5-3-10(4-6-11)13-17-8-9-18-13/h3-6,13H,1-2,7-9,14H2,(H,15,16). The number of benzene rings is 1. The lowest BCUT2D eigenvalue weighted by Gasteiger charge is -2.10. The molecule has 1 saturated heterocycles. The van der Waals surface area contributed by atoms with Crippen molar-refractivity contribution in [2.75, 3.05) is 25.1 Å². The van der Waals surface area contributed by atoms with Crippen molar-refractivity contribution < 1.29 is 14.3 Å². The minimum absolute atomic E-state index is 0.0124. The fraction of sp³-hybridized carbons (Fsp3) is 0.462. The largest absolute Gasteiger partial charge is 0.346 e. The second kappa shape index (κ2) is 6.49. The van der Waals surface area contributed by atoms with Gasteiger partial charge in [0, 0.05) is 17.7 Å². The Kier molecular flexibility index (Phi) is 4.69. The van der Waals surface area contributed by atoms with Crippen LogP contribution >= 0.6 is 0 Å². The zero-order chi connectivity index (χ0) is 12.8. The van der Waals surface area contributed by atoms with Crippen molar-refractivity contribution in [3.63, 3.8) is 0 Å². The summed E-state index contributed by atoms with van der Waals surface area (Å²) in [6.45, 7) is 1.78. The van der Waals surface area contributed by atoms with Crippen LogP contribution in [0.1, 0.15) is 24.7 Å². The third-order valence-electron chi connectivity index (χ3n) is 2.70. The number of rotatable bonds is 5. The maximum Gasteiger partial charge on any atom is 0.224 e. The maximum atomic E-state index is 11.5. The van der Waals surface area contributed by atoms with Gasteiger partial charge in [0.05, 0.1) is 13.2 Å². The van der Waals surface area contributed by atoms with E-state index in [1.807, 2.05) is 24.3 Å². The molecule has 0 spiro atoms. The second-order valence-electron chi connectivity index (χ2n) is 4.14. The minimum Gasteiger partial charge on any atom is -0.346 e. The molecule has 0 aromatic heterocycles. The number of amides is 1. The molecule has 18 heavy (non-hydrogen) atoms. The van der Waals surface area contributed by atoms with Crippen LogP contribution in [0.15, 0.2) is 24.3 Å². The quantitative estimate of drug-likeness (QED) is 0.828. The van der Waals surface area contributed by atoms with Crippen LogP contribution in [0.3, 0.4) is 0 Å². The molecule has 5 nitrogen and oxygen atoms in total. The van der Waals surface area contributed by atoms with Crippen LogP contribution in [-0.2, 0) is 14.3 Å². The van der Waals surface area contributed by atoms with Gasteiger partial charge in [-0.05, 0) is 25.1 Å². The summed E-state index contributed by atoms with van der Waals surface area (Å²) in [4.78, 5) is 11.5. The molecular weight excluding hydrogens is 232 g/mol. The van der Waals surface area contributed by atoms with Gasteiger partial charge in [0.2, 0.25) is 5.91 Å². The summed E-state index contributed by atoms with van der Waals surface area (Å²) in [6, 6.07) is 7.49. The Morgan fingerprint density at radius 3 is 2.56 bits per heavy atom. The molecule has 0 bridgehead atoms. The molecule has 98 valence electrons. The molecule has 1 aliphatic heterocycles. The highest BCUT2D eigenvalue weighted by atomic mass is 16.7. The maximum absolute atomic E-state index is 11.5. The van der Waals surface area contributed by atoms with Gasteiger partial charge in [-0.3, -0.25) is 4.79 Å². The van der Waals surface area contributed by atoms with Crippen LogP contribution in [0.4, 0.5) is 5.69 Å². The Bertz CT molecular complexity index is 386. The van der Waals surface area contributed by atoms with Gasteiger partial charge < -0.3 is 20.5 Å². The number of nitrogens with one attached hydrogen (secondary N) is 1. The Labute approximate surface area is 106 Å². The molecule has 0 radical (unpaired) electrons. The first kappa shape index (κ1) is 13.0. The Morgan fingerprint density at radius 2 is 1.94 bits per heavy atom. The number of carbonyl (C=O) groups is 1. The number of carbonyl (C=O) groups excluding carboxylic acids is 1. The molecule has 0 aliphatic carbocycles. The summed E-state index contributed by atoms with van der Waals surface area (Å²) in [5, 5.41) is 2.82. The smallest absolute Gasteiger partial charge is 0.224 e. The van der Waals surface area contributed by atoms with E-state index < -0.39 is 0 Å². The average Bonchev–Trinajstić information content (AvgIpc) is 2.91. The highest BCUT2D eigenvalue weighted by molar-refractivity contribution is 5.90. The van der Waals surface area contributed by atoms with Crippen molar-refractivity contribution in [1.29, 1.82) is 0 Å². The summed E-state index contributed by atoms with van der Waals surface area (Å²) in [5.74, 6) is -0.0124. The van der Waals surface area contributed by atoms with Crippen LogP contribution in [0, 0.1) is 0 Å². The van der Waals surface area contributed by atoms with E-state index in [1.165, 1.54) is 0 Å². The first-order valence-corrected chi connectivity index (χ1v) is 6.12. The highest BCUT2D eigenvalue weighted by Crippen LogP contribution is 2.24. The summed E-state index contributed by atoms with van der Waals surface area (Å²) >= 11 is 0. The molecule has 1 aromatic rings. The number of hydrogen-bond donors (Lipinski definition) is 2. The van der Waals surface area contributed by atoms with Crippen molar-refractivity contribution >= 4 is 11.6 Å². The van der Waals surface area contributed by atoms with E-state index in [-0.39, 0.29) is 12.2 Å². The Morgan fingerprint density at radius 1 is 1.28 bits per heavy atom. The van der Waals surface area contributed by atoms with E-state index >= 15 is 0 Å². The van der Waals surface area contributed by atoms with Crippen LogP contribution in [0.5, 0.6) is 0 Å². The SMILES string of the molecule is NCCCC(=O)Nc1ccc(C2OCCO2)cc1. The predicted octanol–water partition coefficient (Wildman–Crippen LogP) is 1.41. The lowest BCUT2D eigenvalue weighted by Crippen LogP contribution is -2.13. The van der Waals surface area contributed by atoms with E-state index in [0.717, 1.165) is 11.3 Å². The first-order chi connectivity index (χ1) is 8.79. The lowest BCUT2D eigenvalue weighted by molar-refractivity contribution is -0.116. The van der Waals surface area contributed by atoms with Crippen molar-refractivity contribution in [1.82, 2.24) is 0 Å². The summed E-state index contributed by atoms with van der Waals surface area (Å²) in [6.07, 6.45) is 0.882. The Balaban J connectivity index is 1.88. The molecule has 0 saturated carbocycles. The molecule has 3 N–H and O–H groups in total. The molecule has 1 aromatic carbocycles. The normalized spacial score (nSPS) is 15.8. The topological polar surface area (TPSA) is 73.6 Å². The number of ether oxygens (including phenoxy) is 2. The van der Waals surface area contributed by atoms with E-state index in [1.54, 1.807) is 0 Å². The summed E-state index contributed by atoms with van der Waals surface area (Å²) in [7, 11) is 0. The molecule has 1 fully saturated rings. The van der Waals surface area contributed by atoms with Crippen LogP contribution in [0.2, 0.25) is 0 Å². The van der Waals surface area contributed by atoms with Gasteiger partial charge in [-0.15, -0.1) is 0 Å². The lowest BCUT2D eigenvalue weighted by atomic mass is 10.2. The van der Waals surface area contributed by atoms with Crippen molar-refractivity contribution in [2.45, 2.75) is 19.1 Å². The molecule has 1 aliphatic rings. The third kappa shape index (κ3) is 3.53. The molecule has 0 unspecified atom stereocenters. The van der Waals surface area contributed by atoms with Gasteiger partial charge in [-0.25, -0.2) is 0 Å². The van der Waals surface area contributed by atoms with Gasteiger partial charge in [-0.2, -0.15) is 0 Å². The summed E-state index contributed by atoms with van der Waals surface area (Å²) < 4.78 is 10.8. The second-order valence-corrected chi connectivity index (χ2v) is 4.14. The van der Waals surface area contributed by atoms with Gasteiger partial charge >= 0.3 is 0 Å². The number of anilines is 1. The fourth-order valence-electron chi connectivity index (χ4n) is 1.76. The predicted molar refractivity (Wildman–Crippen MR) is 68.0 cm³/mol. The van der Waals surface area contributed by atoms with Crippen LogP contribution in [0.25, 0.3) is 0 Å².